The van der Waals surface area contributed by atoms with E-state index in [0.717, 1.165) is 79.5 Å². The van der Waals surface area contributed by atoms with E-state index in [0.29, 0.717) is 11.5 Å². The molecule has 0 bridgehead atoms. The Morgan fingerprint density at radius 2 is 1.17 bits per heavy atom. The van der Waals surface area contributed by atoms with Gasteiger partial charge in [-0.25, -0.2) is 8.78 Å². The van der Waals surface area contributed by atoms with Gasteiger partial charge in [-0.1, -0.05) is 63.6 Å². The number of alkyl halides is 3. The molecule has 3 aliphatic rings. The van der Waals surface area contributed by atoms with Gasteiger partial charge >= 0.3 is 6.36 Å². The lowest BCUT2D eigenvalue weighted by molar-refractivity contribution is -0.275. The van der Waals surface area contributed by atoms with Crippen LogP contribution >= 0.6 is 0 Å². The van der Waals surface area contributed by atoms with Crippen molar-refractivity contribution in [3.63, 3.8) is 0 Å². The number of benzene rings is 2. The lowest BCUT2D eigenvalue weighted by atomic mass is 9.68. The molecule has 0 amide bonds. The fourth-order valence-corrected chi connectivity index (χ4v) is 8.40. The van der Waals surface area contributed by atoms with E-state index in [4.69, 9.17) is 0 Å². The maximum Gasteiger partial charge on any atom is 0.573 e. The monoisotopic (exact) mass is 590 g/mol. The van der Waals surface area contributed by atoms with E-state index in [-0.39, 0.29) is 17.7 Å². The third kappa shape index (κ3) is 8.08. The molecule has 3 fully saturated rings. The Morgan fingerprint density at radius 1 is 0.643 bits per heavy atom. The van der Waals surface area contributed by atoms with E-state index < -0.39 is 17.9 Å². The van der Waals surface area contributed by atoms with Gasteiger partial charge in [0.2, 0.25) is 0 Å². The smallest absolute Gasteiger partial charge is 0.403 e. The van der Waals surface area contributed by atoms with Crippen LogP contribution < -0.4 is 4.74 Å². The third-order valence-corrected chi connectivity index (χ3v) is 10.9. The van der Waals surface area contributed by atoms with Gasteiger partial charge in [0.25, 0.3) is 0 Å². The van der Waals surface area contributed by atoms with Crippen LogP contribution in [0.5, 0.6) is 5.75 Å². The average Bonchev–Trinajstić information content (AvgIpc) is 2.98. The van der Waals surface area contributed by atoms with E-state index in [1.165, 1.54) is 70.3 Å². The second kappa shape index (κ2) is 14.1. The zero-order valence-corrected chi connectivity index (χ0v) is 25.0. The number of halogens is 5. The standard InChI is InChI=1S/C36H47F5O/c1-2-3-4-5-24-6-8-25(9-7-24)26-10-12-27(13-11-26)30-18-20-32(33(37)22-30)29-16-14-28(15-17-29)31-19-21-35(34(38)23-31)42-36(39,40)41/h18-29H,2-17H2,1H3. The van der Waals surface area contributed by atoms with Crippen molar-refractivity contribution in [3.8, 4) is 5.75 Å². The molecule has 3 saturated carbocycles. The molecular weight excluding hydrogens is 543 g/mol. The lowest BCUT2D eigenvalue weighted by Gasteiger charge is -2.38. The molecule has 3 aliphatic carbocycles. The van der Waals surface area contributed by atoms with Crippen LogP contribution in [0.2, 0.25) is 0 Å². The van der Waals surface area contributed by atoms with Crippen LogP contribution in [0.3, 0.4) is 0 Å². The van der Waals surface area contributed by atoms with Crippen LogP contribution in [0, 0.1) is 29.4 Å². The van der Waals surface area contributed by atoms with Gasteiger partial charge in [-0.15, -0.1) is 13.2 Å². The minimum absolute atomic E-state index is 0.0457. The van der Waals surface area contributed by atoms with Crippen LogP contribution in [-0.2, 0) is 0 Å². The summed E-state index contributed by atoms with van der Waals surface area (Å²) in [6, 6.07) is 9.63. The van der Waals surface area contributed by atoms with Crippen LogP contribution in [0.4, 0.5) is 22.0 Å². The average molecular weight is 591 g/mol. The predicted octanol–water partition coefficient (Wildman–Crippen LogP) is 12.0. The molecule has 2 aromatic rings. The van der Waals surface area contributed by atoms with Gasteiger partial charge < -0.3 is 4.74 Å². The molecule has 0 unspecified atom stereocenters. The Labute approximate surface area is 248 Å². The van der Waals surface area contributed by atoms with Gasteiger partial charge in [-0.3, -0.25) is 0 Å². The summed E-state index contributed by atoms with van der Waals surface area (Å²) in [5.74, 6) is 1.37. The van der Waals surface area contributed by atoms with E-state index >= 15 is 4.39 Å². The SMILES string of the molecule is CCCCCC1CCC(C2CCC(c3ccc(C4CCC(c5ccc(OC(F)(F)F)c(F)c5)CC4)c(F)c3)CC2)CC1. The van der Waals surface area contributed by atoms with Crippen molar-refractivity contribution in [1.82, 2.24) is 0 Å². The molecule has 1 nitrogen and oxygen atoms in total. The summed E-state index contributed by atoms with van der Waals surface area (Å²) in [6.45, 7) is 2.28. The molecule has 0 atom stereocenters. The van der Waals surface area contributed by atoms with E-state index in [1.54, 1.807) is 6.07 Å². The van der Waals surface area contributed by atoms with Crippen molar-refractivity contribution in [1.29, 1.82) is 0 Å². The number of hydrogen-bond acceptors (Lipinski definition) is 1. The Kier molecular flexibility index (Phi) is 10.5. The molecule has 0 saturated heterocycles. The van der Waals surface area contributed by atoms with Crippen LogP contribution in [0.1, 0.15) is 144 Å². The topological polar surface area (TPSA) is 9.23 Å². The molecule has 0 heterocycles. The summed E-state index contributed by atoms with van der Waals surface area (Å²) < 4.78 is 70.8. The Bertz CT molecular complexity index is 1140. The third-order valence-electron chi connectivity index (χ3n) is 10.9. The van der Waals surface area contributed by atoms with Crippen molar-refractivity contribution in [3.05, 3.63) is 64.7 Å². The van der Waals surface area contributed by atoms with Crippen molar-refractivity contribution in [2.24, 2.45) is 17.8 Å². The second-order valence-corrected chi connectivity index (χ2v) is 13.5. The highest BCUT2D eigenvalue weighted by atomic mass is 19.4. The van der Waals surface area contributed by atoms with Gasteiger partial charge in [0.05, 0.1) is 0 Å². The first-order valence-corrected chi connectivity index (χ1v) is 16.5. The highest BCUT2D eigenvalue weighted by Gasteiger charge is 2.34. The molecule has 0 aromatic heterocycles. The summed E-state index contributed by atoms with van der Waals surface area (Å²) >= 11 is 0. The van der Waals surface area contributed by atoms with Gasteiger partial charge in [-0.2, -0.15) is 0 Å². The molecule has 5 rings (SSSR count). The number of ether oxygens (including phenoxy) is 1. The largest absolute Gasteiger partial charge is 0.573 e. The predicted molar refractivity (Wildman–Crippen MR) is 158 cm³/mol. The number of hydrogen-bond donors (Lipinski definition) is 0. The molecule has 6 heteroatoms. The van der Waals surface area contributed by atoms with E-state index in [9.17, 15) is 17.6 Å². The molecule has 0 aliphatic heterocycles. The fourth-order valence-electron chi connectivity index (χ4n) is 8.40. The van der Waals surface area contributed by atoms with Crippen molar-refractivity contribution < 1.29 is 26.7 Å². The molecule has 0 radical (unpaired) electrons. The summed E-state index contributed by atoms with van der Waals surface area (Å²) in [4.78, 5) is 0. The lowest BCUT2D eigenvalue weighted by Crippen LogP contribution is -2.25. The normalized spacial score (nSPS) is 28.9. The van der Waals surface area contributed by atoms with E-state index in [1.807, 2.05) is 6.07 Å². The van der Waals surface area contributed by atoms with E-state index in [2.05, 4.69) is 17.7 Å². The molecular formula is C36H47F5O. The maximum absolute atomic E-state index is 15.4. The maximum atomic E-state index is 15.4. The summed E-state index contributed by atoms with van der Waals surface area (Å²) in [5.41, 5.74) is 2.58. The van der Waals surface area contributed by atoms with Crippen LogP contribution in [-0.4, -0.2) is 6.36 Å². The zero-order chi connectivity index (χ0) is 29.7. The second-order valence-electron chi connectivity index (χ2n) is 13.5. The van der Waals surface area contributed by atoms with Crippen molar-refractivity contribution >= 4 is 0 Å². The van der Waals surface area contributed by atoms with Gasteiger partial charge in [0, 0.05) is 0 Å². The molecule has 0 N–H and O–H groups in total. The highest BCUT2D eigenvalue weighted by molar-refractivity contribution is 5.33. The molecule has 0 spiro atoms. The number of unbranched alkanes of at least 4 members (excludes halogenated alkanes) is 2. The first-order chi connectivity index (χ1) is 20.2. The zero-order valence-electron chi connectivity index (χ0n) is 25.0. The fraction of sp³-hybridized carbons (Fsp3) is 0.667. The van der Waals surface area contributed by atoms with Crippen molar-refractivity contribution in [2.75, 3.05) is 0 Å². The summed E-state index contributed by atoms with van der Waals surface area (Å²) in [6.07, 6.45) is 14.1. The quantitative estimate of drug-likeness (QED) is 0.208. The highest BCUT2D eigenvalue weighted by Crippen LogP contribution is 2.46. The molecule has 232 valence electrons. The van der Waals surface area contributed by atoms with Crippen molar-refractivity contribution in [2.45, 2.75) is 134 Å². The minimum Gasteiger partial charge on any atom is -0.403 e. The van der Waals surface area contributed by atoms with Crippen LogP contribution in [0.15, 0.2) is 36.4 Å². The summed E-state index contributed by atoms with van der Waals surface area (Å²) in [5, 5.41) is 0. The van der Waals surface area contributed by atoms with Crippen LogP contribution in [0.25, 0.3) is 0 Å². The van der Waals surface area contributed by atoms with Gasteiger partial charge in [0.15, 0.2) is 11.6 Å². The summed E-state index contributed by atoms with van der Waals surface area (Å²) in [7, 11) is 0. The first kappa shape index (κ1) is 31.3. The minimum atomic E-state index is -4.92. The van der Waals surface area contributed by atoms with Gasteiger partial charge in [0.1, 0.15) is 5.82 Å². The van der Waals surface area contributed by atoms with Gasteiger partial charge in [-0.05, 0) is 135 Å². The Morgan fingerprint density at radius 3 is 1.71 bits per heavy atom. The molecule has 2 aromatic carbocycles. The molecule has 42 heavy (non-hydrogen) atoms. The Hall–Kier alpha value is -2.11. The Balaban J connectivity index is 1.09. The first-order valence-electron chi connectivity index (χ1n) is 16.5. The number of rotatable bonds is 9.